The lowest BCUT2D eigenvalue weighted by atomic mass is 9.90. The molecule has 0 aromatic carbocycles. The lowest BCUT2D eigenvalue weighted by molar-refractivity contribution is 0.277. The van der Waals surface area contributed by atoms with Gasteiger partial charge in [-0.05, 0) is 38.7 Å². The van der Waals surface area contributed by atoms with Crippen LogP contribution in [0.5, 0.6) is 0 Å². The van der Waals surface area contributed by atoms with Crippen molar-refractivity contribution < 1.29 is 5.02 Å². The Labute approximate surface area is 75.2 Å². The third-order valence-electron chi connectivity index (χ3n) is 2.67. The highest BCUT2D eigenvalue weighted by molar-refractivity contribution is 6.29. The number of nitrogens with zero attached hydrogens (tertiary/aromatic N) is 1. The Morgan fingerprint density at radius 1 is 1.67 bits per heavy atom. The van der Waals surface area contributed by atoms with E-state index in [1.807, 2.05) is 19.0 Å². The van der Waals surface area contributed by atoms with Crippen molar-refractivity contribution in [3.05, 3.63) is 0 Å². The number of nitrogens with two attached hydrogens (primary N) is 1. The molecule has 1 aliphatic carbocycles. The summed E-state index contributed by atoms with van der Waals surface area (Å²) in [5.74, 6) is 1.15. The largest absolute Gasteiger partial charge is 0.454 e. The van der Waals surface area contributed by atoms with E-state index in [1.165, 1.54) is 7.48 Å². The van der Waals surface area contributed by atoms with Gasteiger partial charge in [0.15, 0.2) is 0 Å². The Kier molecular flexibility index (Phi) is 3.56. The first-order chi connectivity index (χ1) is 5.65. The van der Waals surface area contributed by atoms with Crippen molar-refractivity contribution in [2.45, 2.75) is 31.2 Å². The zero-order chi connectivity index (χ0) is 9.14. The van der Waals surface area contributed by atoms with Gasteiger partial charge < -0.3 is 10.8 Å². The summed E-state index contributed by atoms with van der Waals surface area (Å²) in [4.78, 5) is 2.03. The van der Waals surface area contributed by atoms with Gasteiger partial charge in [-0.2, -0.15) is 0 Å². The molecule has 0 amide bonds. The molecule has 2 unspecified atom stereocenters. The molecular weight excluding hydrogens is 151 g/mol. The van der Waals surface area contributed by atoms with E-state index in [2.05, 4.69) is 0 Å². The van der Waals surface area contributed by atoms with E-state index in [0.717, 1.165) is 19.3 Å². The Morgan fingerprint density at radius 3 is 2.75 bits per heavy atom. The van der Waals surface area contributed by atoms with E-state index in [4.69, 9.17) is 10.8 Å². The van der Waals surface area contributed by atoms with Gasteiger partial charge >= 0.3 is 0 Å². The molecule has 1 saturated carbocycles. The molecule has 0 saturated heterocycles. The highest BCUT2D eigenvalue weighted by atomic mass is 16.2. The highest BCUT2D eigenvalue weighted by Gasteiger charge is 2.36. The van der Waals surface area contributed by atoms with Crippen molar-refractivity contribution in [3.63, 3.8) is 0 Å². The van der Waals surface area contributed by atoms with Crippen molar-refractivity contribution in [1.82, 2.24) is 4.90 Å². The van der Waals surface area contributed by atoms with Crippen LogP contribution in [-0.2, 0) is 0 Å². The van der Waals surface area contributed by atoms with Gasteiger partial charge in [-0.1, -0.05) is 6.42 Å². The fourth-order valence-electron chi connectivity index (χ4n) is 1.43. The van der Waals surface area contributed by atoms with Crippen LogP contribution in [0.4, 0.5) is 0 Å². The second kappa shape index (κ2) is 4.26. The summed E-state index contributed by atoms with van der Waals surface area (Å²) < 4.78 is 0. The first-order valence-electron chi connectivity index (χ1n) is 4.54. The standard InChI is InChI=1S/C8H18BN2O/c1-11(2)8(10)4-3-6-5-7(6)9-12/h6-8,12H,3-5,10H2,1-2H3/t6-,7?,8?/m1/s1. The molecule has 1 radical (unpaired) electrons. The summed E-state index contributed by atoms with van der Waals surface area (Å²) in [6.07, 6.45) is 3.49. The minimum atomic E-state index is 0.171. The van der Waals surface area contributed by atoms with Crippen LogP contribution in [0.1, 0.15) is 19.3 Å². The maximum Gasteiger partial charge on any atom is 0.290 e. The summed E-state index contributed by atoms with van der Waals surface area (Å²) >= 11 is 0. The maximum absolute atomic E-state index is 8.68. The van der Waals surface area contributed by atoms with Crippen LogP contribution in [0.2, 0.25) is 5.82 Å². The third-order valence-corrected chi connectivity index (χ3v) is 2.67. The Balaban J connectivity index is 2.03. The van der Waals surface area contributed by atoms with E-state index < -0.39 is 0 Å². The molecule has 3 nitrogen and oxygen atoms in total. The molecule has 69 valence electrons. The normalized spacial score (nSPS) is 30.4. The van der Waals surface area contributed by atoms with Gasteiger partial charge in [-0.25, -0.2) is 0 Å². The molecular formula is C8H18BN2O. The molecule has 3 atom stereocenters. The molecule has 3 N–H and O–H groups in total. The van der Waals surface area contributed by atoms with Crippen LogP contribution in [0.3, 0.4) is 0 Å². The monoisotopic (exact) mass is 169 g/mol. The Bertz CT molecular complexity index is 143. The van der Waals surface area contributed by atoms with Crippen LogP contribution >= 0.6 is 0 Å². The second-order valence-corrected chi connectivity index (χ2v) is 3.92. The van der Waals surface area contributed by atoms with Gasteiger partial charge in [0.2, 0.25) is 0 Å². The smallest absolute Gasteiger partial charge is 0.290 e. The third kappa shape index (κ3) is 2.77. The quantitative estimate of drug-likeness (QED) is 0.451. The maximum atomic E-state index is 8.68. The van der Waals surface area contributed by atoms with E-state index >= 15 is 0 Å². The zero-order valence-corrected chi connectivity index (χ0v) is 7.90. The molecule has 1 rings (SSSR count). The SMILES string of the molecule is CN(C)C(N)CC[C@@H]1CC1[B]O. The van der Waals surface area contributed by atoms with Crippen LogP contribution in [-0.4, -0.2) is 37.7 Å². The van der Waals surface area contributed by atoms with Crippen LogP contribution in [0.25, 0.3) is 0 Å². The minimum Gasteiger partial charge on any atom is -0.454 e. The molecule has 0 aromatic rings. The molecule has 1 aliphatic rings. The van der Waals surface area contributed by atoms with Crippen molar-refractivity contribution in [2.24, 2.45) is 11.7 Å². The lowest BCUT2D eigenvalue weighted by Crippen LogP contribution is -2.36. The number of hydrogen-bond acceptors (Lipinski definition) is 3. The fraction of sp³-hybridized carbons (Fsp3) is 1.00. The van der Waals surface area contributed by atoms with Gasteiger partial charge in [0, 0.05) is 0 Å². The summed E-state index contributed by atoms with van der Waals surface area (Å²) in [5.41, 5.74) is 5.83. The molecule has 0 spiro atoms. The van der Waals surface area contributed by atoms with Gasteiger partial charge in [0.05, 0.1) is 6.17 Å². The van der Waals surface area contributed by atoms with Crippen LogP contribution in [0.15, 0.2) is 0 Å². The van der Waals surface area contributed by atoms with E-state index in [-0.39, 0.29) is 6.17 Å². The molecule has 0 bridgehead atoms. The van der Waals surface area contributed by atoms with Crippen LogP contribution < -0.4 is 5.73 Å². The molecule has 0 aliphatic heterocycles. The Morgan fingerprint density at radius 2 is 2.33 bits per heavy atom. The van der Waals surface area contributed by atoms with Gasteiger partial charge in [-0.15, -0.1) is 0 Å². The summed E-state index contributed by atoms with van der Waals surface area (Å²) in [7, 11) is 5.31. The number of hydrogen-bond donors (Lipinski definition) is 2. The first kappa shape index (κ1) is 10.0. The molecule has 4 heteroatoms. The van der Waals surface area contributed by atoms with Gasteiger partial charge in [0.1, 0.15) is 0 Å². The second-order valence-electron chi connectivity index (χ2n) is 3.92. The summed E-state index contributed by atoms with van der Waals surface area (Å²) in [5, 5.41) is 8.68. The van der Waals surface area contributed by atoms with Gasteiger partial charge in [-0.3, -0.25) is 4.90 Å². The zero-order valence-electron chi connectivity index (χ0n) is 7.90. The summed E-state index contributed by atoms with van der Waals surface area (Å²) in [6.45, 7) is 0. The predicted molar refractivity (Wildman–Crippen MR) is 50.7 cm³/mol. The topological polar surface area (TPSA) is 49.5 Å². The fourth-order valence-corrected chi connectivity index (χ4v) is 1.43. The van der Waals surface area contributed by atoms with Crippen molar-refractivity contribution in [1.29, 1.82) is 0 Å². The highest BCUT2D eigenvalue weighted by Crippen LogP contribution is 2.46. The van der Waals surface area contributed by atoms with E-state index in [0.29, 0.717) is 11.7 Å². The van der Waals surface area contributed by atoms with Gasteiger partial charge in [0.25, 0.3) is 7.48 Å². The average molecular weight is 169 g/mol. The average Bonchev–Trinajstić information content (AvgIpc) is 2.78. The Hall–Kier alpha value is -0.0551. The van der Waals surface area contributed by atoms with Crippen molar-refractivity contribution in [3.8, 4) is 0 Å². The number of rotatable bonds is 5. The molecule has 1 fully saturated rings. The minimum absolute atomic E-state index is 0.171. The predicted octanol–water partition coefficient (Wildman–Crippen LogP) is 0.0329. The first-order valence-corrected chi connectivity index (χ1v) is 4.54. The lowest BCUT2D eigenvalue weighted by Gasteiger charge is -2.19. The molecule has 0 aromatic heterocycles. The van der Waals surface area contributed by atoms with Crippen LogP contribution in [0, 0.1) is 5.92 Å². The molecule has 12 heavy (non-hydrogen) atoms. The summed E-state index contributed by atoms with van der Waals surface area (Å²) in [6, 6.07) is 0. The van der Waals surface area contributed by atoms with Crippen molar-refractivity contribution >= 4 is 7.48 Å². The van der Waals surface area contributed by atoms with Crippen molar-refractivity contribution in [2.75, 3.05) is 14.1 Å². The van der Waals surface area contributed by atoms with E-state index in [1.54, 1.807) is 0 Å². The van der Waals surface area contributed by atoms with E-state index in [9.17, 15) is 0 Å². The molecule has 0 heterocycles.